The fraction of sp³-hybridized carbons (Fsp3) is 0.522. The molecule has 4 nitrogen and oxygen atoms in total. The number of aromatic nitrogens is 1. The van der Waals surface area contributed by atoms with Gasteiger partial charge in [-0.15, -0.1) is 0 Å². The molecule has 0 spiro atoms. The lowest BCUT2D eigenvalue weighted by molar-refractivity contribution is 0.0203. The molecule has 1 unspecified atom stereocenters. The Hall–Kier alpha value is -1.75. The van der Waals surface area contributed by atoms with E-state index in [1.807, 2.05) is 12.4 Å². The van der Waals surface area contributed by atoms with Gasteiger partial charge in [0.05, 0.1) is 6.10 Å². The molecule has 4 heteroatoms. The van der Waals surface area contributed by atoms with E-state index in [2.05, 4.69) is 57.2 Å². The Labute approximate surface area is 163 Å². The molecule has 2 aliphatic heterocycles. The Kier molecular flexibility index (Phi) is 6.51. The second-order valence-corrected chi connectivity index (χ2v) is 7.92. The number of piperidine rings is 1. The summed E-state index contributed by atoms with van der Waals surface area (Å²) >= 11 is 0. The highest BCUT2D eigenvalue weighted by Crippen LogP contribution is 2.27. The van der Waals surface area contributed by atoms with Gasteiger partial charge in [0.15, 0.2) is 0 Å². The van der Waals surface area contributed by atoms with Gasteiger partial charge in [0.1, 0.15) is 0 Å². The molecule has 0 amide bonds. The van der Waals surface area contributed by atoms with E-state index < -0.39 is 0 Å². The van der Waals surface area contributed by atoms with Crippen molar-refractivity contribution in [1.29, 1.82) is 0 Å². The first-order valence-electron chi connectivity index (χ1n) is 10.4. The van der Waals surface area contributed by atoms with Crippen LogP contribution < -0.4 is 0 Å². The average molecular weight is 366 g/mol. The number of hydrogen-bond donors (Lipinski definition) is 0. The van der Waals surface area contributed by atoms with Crippen molar-refractivity contribution in [3.05, 3.63) is 66.0 Å². The van der Waals surface area contributed by atoms with Crippen LogP contribution in [-0.4, -0.2) is 60.2 Å². The Bertz CT molecular complexity index is 671. The van der Waals surface area contributed by atoms with E-state index in [0.717, 1.165) is 39.2 Å². The number of hydrogen-bond acceptors (Lipinski definition) is 4. The predicted molar refractivity (Wildman–Crippen MR) is 109 cm³/mol. The van der Waals surface area contributed by atoms with Gasteiger partial charge in [0.25, 0.3) is 0 Å². The van der Waals surface area contributed by atoms with Crippen LogP contribution in [0, 0.1) is 0 Å². The second-order valence-electron chi connectivity index (χ2n) is 7.92. The standard InChI is InChI=1S/C23H31N3O/c1-2-5-20(6-3-1)17-26-13-4-16-27-23(19-26)18-25-14-9-22(10-15-25)21-7-11-24-12-8-21/h1-3,5-8,11-12,22-23H,4,9-10,13-19H2. The summed E-state index contributed by atoms with van der Waals surface area (Å²) in [5.74, 6) is 0.689. The minimum atomic E-state index is 0.327. The molecule has 2 saturated heterocycles. The Morgan fingerprint density at radius 3 is 2.48 bits per heavy atom. The first kappa shape index (κ1) is 18.6. The van der Waals surface area contributed by atoms with Crippen molar-refractivity contribution < 1.29 is 4.74 Å². The van der Waals surface area contributed by atoms with Crippen molar-refractivity contribution in [2.75, 3.05) is 39.3 Å². The van der Waals surface area contributed by atoms with E-state index in [1.165, 1.54) is 37.1 Å². The minimum absolute atomic E-state index is 0.327. The monoisotopic (exact) mass is 365 g/mol. The lowest BCUT2D eigenvalue weighted by atomic mass is 9.90. The zero-order chi connectivity index (χ0) is 18.3. The lowest BCUT2D eigenvalue weighted by Crippen LogP contribution is -2.43. The van der Waals surface area contributed by atoms with Gasteiger partial charge in [-0.1, -0.05) is 30.3 Å². The minimum Gasteiger partial charge on any atom is -0.376 e. The van der Waals surface area contributed by atoms with Crippen LogP contribution in [0.5, 0.6) is 0 Å². The zero-order valence-corrected chi connectivity index (χ0v) is 16.2. The summed E-state index contributed by atoms with van der Waals surface area (Å²) in [5.41, 5.74) is 2.85. The first-order valence-corrected chi connectivity index (χ1v) is 10.4. The number of ether oxygens (including phenoxy) is 1. The highest BCUT2D eigenvalue weighted by molar-refractivity contribution is 5.16. The maximum atomic E-state index is 6.19. The van der Waals surface area contributed by atoms with Crippen molar-refractivity contribution in [2.45, 2.75) is 37.8 Å². The molecule has 0 bridgehead atoms. The smallest absolute Gasteiger partial charge is 0.0828 e. The molecule has 144 valence electrons. The maximum Gasteiger partial charge on any atom is 0.0828 e. The molecule has 0 aliphatic carbocycles. The average Bonchev–Trinajstić information content (AvgIpc) is 2.95. The number of nitrogens with zero attached hydrogens (tertiary/aromatic N) is 3. The molecule has 27 heavy (non-hydrogen) atoms. The van der Waals surface area contributed by atoms with Crippen LogP contribution in [-0.2, 0) is 11.3 Å². The van der Waals surface area contributed by atoms with Crippen LogP contribution in [0.2, 0.25) is 0 Å². The van der Waals surface area contributed by atoms with Gasteiger partial charge in [0, 0.05) is 45.2 Å². The topological polar surface area (TPSA) is 28.6 Å². The van der Waals surface area contributed by atoms with Gasteiger partial charge in [-0.05, 0) is 61.5 Å². The molecule has 2 fully saturated rings. The SMILES string of the molecule is c1ccc(CN2CCCOC(CN3CCC(c4ccncc4)CC3)C2)cc1. The van der Waals surface area contributed by atoms with E-state index in [0.29, 0.717) is 12.0 Å². The van der Waals surface area contributed by atoms with Crippen LogP contribution in [0.25, 0.3) is 0 Å². The summed E-state index contributed by atoms with van der Waals surface area (Å²) < 4.78 is 6.19. The van der Waals surface area contributed by atoms with E-state index >= 15 is 0 Å². The molecule has 1 aromatic heterocycles. The van der Waals surface area contributed by atoms with E-state index in [9.17, 15) is 0 Å². The molecular formula is C23H31N3O. The van der Waals surface area contributed by atoms with E-state index in [4.69, 9.17) is 4.74 Å². The van der Waals surface area contributed by atoms with Crippen molar-refractivity contribution in [2.24, 2.45) is 0 Å². The summed E-state index contributed by atoms with van der Waals surface area (Å²) in [6.45, 7) is 7.51. The molecular weight excluding hydrogens is 334 g/mol. The highest BCUT2D eigenvalue weighted by Gasteiger charge is 2.25. The number of likely N-dealkylation sites (tertiary alicyclic amines) is 1. The third-order valence-corrected chi connectivity index (χ3v) is 5.91. The molecule has 1 aromatic carbocycles. The summed E-state index contributed by atoms with van der Waals surface area (Å²) in [6, 6.07) is 15.2. The van der Waals surface area contributed by atoms with Gasteiger partial charge in [-0.2, -0.15) is 0 Å². The lowest BCUT2D eigenvalue weighted by Gasteiger charge is -2.35. The predicted octanol–water partition coefficient (Wildman–Crippen LogP) is 3.55. The summed E-state index contributed by atoms with van der Waals surface area (Å²) in [5, 5.41) is 0. The third kappa shape index (κ3) is 5.38. The molecule has 4 rings (SSSR count). The zero-order valence-electron chi connectivity index (χ0n) is 16.2. The Balaban J connectivity index is 1.27. The fourth-order valence-electron chi connectivity index (χ4n) is 4.44. The van der Waals surface area contributed by atoms with Crippen molar-refractivity contribution in [1.82, 2.24) is 14.8 Å². The maximum absolute atomic E-state index is 6.19. The van der Waals surface area contributed by atoms with Crippen molar-refractivity contribution in [3.63, 3.8) is 0 Å². The van der Waals surface area contributed by atoms with E-state index in [-0.39, 0.29) is 0 Å². The molecule has 1 atom stereocenters. The Morgan fingerprint density at radius 1 is 0.926 bits per heavy atom. The van der Waals surface area contributed by atoms with Gasteiger partial charge in [0.2, 0.25) is 0 Å². The largest absolute Gasteiger partial charge is 0.376 e. The van der Waals surface area contributed by atoms with Gasteiger partial charge in [-0.3, -0.25) is 9.88 Å². The number of rotatable bonds is 5. The first-order chi connectivity index (χ1) is 13.4. The van der Waals surface area contributed by atoms with E-state index in [1.54, 1.807) is 0 Å². The van der Waals surface area contributed by atoms with Crippen molar-refractivity contribution >= 4 is 0 Å². The van der Waals surface area contributed by atoms with Crippen LogP contribution in [0.15, 0.2) is 54.9 Å². The summed E-state index contributed by atoms with van der Waals surface area (Å²) in [4.78, 5) is 9.32. The van der Waals surface area contributed by atoms with Gasteiger partial charge in [-0.25, -0.2) is 0 Å². The van der Waals surface area contributed by atoms with Gasteiger partial charge >= 0.3 is 0 Å². The Morgan fingerprint density at radius 2 is 1.70 bits per heavy atom. The number of benzene rings is 1. The molecule has 0 saturated carbocycles. The molecule has 2 aromatic rings. The third-order valence-electron chi connectivity index (χ3n) is 5.91. The summed E-state index contributed by atoms with van der Waals surface area (Å²) in [7, 11) is 0. The number of pyridine rings is 1. The van der Waals surface area contributed by atoms with Crippen LogP contribution in [0.4, 0.5) is 0 Å². The summed E-state index contributed by atoms with van der Waals surface area (Å²) in [6.07, 6.45) is 7.78. The quantitative estimate of drug-likeness (QED) is 0.810. The molecule has 3 heterocycles. The fourth-order valence-corrected chi connectivity index (χ4v) is 4.44. The molecule has 0 radical (unpaired) electrons. The second kappa shape index (κ2) is 9.45. The van der Waals surface area contributed by atoms with Crippen LogP contribution >= 0.6 is 0 Å². The molecule has 2 aliphatic rings. The normalized spacial score (nSPS) is 23.2. The molecule has 0 N–H and O–H groups in total. The van der Waals surface area contributed by atoms with Crippen LogP contribution in [0.3, 0.4) is 0 Å². The highest BCUT2D eigenvalue weighted by atomic mass is 16.5. The van der Waals surface area contributed by atoms with Crippen LogP contribution in [0.1, 0.15) is 36.3 Å². The van der Waals surface area contributed by atoms with Gasteiger partial charge < -0.3 is 9.64 Å². The van der Waals surface area contributed by atoms with Crippen molar-refractivity contribution in [3.8, 4) is 0 Å².